The molecular formula is C19H27N3O4. The minimum atomic E-state index is -1.01. The first kappa shape index (κ1) is 18.6. The Labute approximate surface area is 153 Å². The number of carbonyl (C=O) groups excluding carboxylic acids is 1. The molecule has 1 unspecified atom stereocenters. The second-order valence-corrected chi connectivity index (χ2v) is 7.39. The van der Waals surface area contributed by atoms with Crippen molar-refractivity contribution < 1.29 is 19.4 Å². The van der Waals surface area contributed by atoms with E-state index in [0.717, 1.165) is 57.5 Å². The Kier molecular flexibility index (Phi) is 5.76. The second kappa shape index (κ2) is 8.03. The van der Waals surface area contributed by atoms with Crippen LogP contribution in [0.4, 0.5) is 5.69 Å². The monoisotopic (exact) mass is 361 g/mol. The summed E-state index contributed by atoms with van der Waals surface area (Å²) in [6.07, 6.45) is 6.06. The molecule has 7 nitrogen and oxygen atoms in total. The van der Waals surface area contributed by atoms with Crippen molar-refractivity contribution in [3.8, 4) is 0 Å². The van der Waals surface area contributed by atoms with Gasteiger partial charge >= 0.3 is 5.97 Å². The van der Waals surface area contributed by atoms with Crippen molar-refractivity contribution in [3.63, 3.8) is 0 Å². The standard InChI is InChI=1S/C19H27N3O4/c1-26-11-3-10-22-14-19(7-4-17(22)23)6-2-9-21(13-19)15-5-8-20-16(12-15)18(24)25/h5,8,12H,2-4,6-7,9-11,13-14H2,1H3,(H,24,25). The van der Waals surface area contributed by atoms with Crippen molar-refractivity contribution in [1.82, 2.24) is 9.88 Å². The summed E-state index contributed by atoms with van der Waals surface area (Å²) in [5.41, 5.74) is 1.06. The van der Waals surface area contributed by atoms with E-state index < -0.39 is 5.97 Å². The first-order chi connectivity index (χ1) is 12.5. The zero-order valence-corrected chi connectivity index (χ0v) is 15.3. The summed E-state index contributed by atoms with van der Waals surface area (Å²) < 4.78 is 5.11. The molecule has 0 aliphatic carbocycles. The van der Waals surface area contributed by atoms with E-state index in [1.807, 2.05) is 11.0 Å². The number of pyridine rings is 1. The van der Waals surface area contributed by atoms with E-state index in [-0.39, 0.29) is 17.0 Å². The fourth-order valence-electron chi connectivity index (χ4n) is 4.20. The van der Waals surface area contributed by atoms with E-state index in [2.05, 4.69) is 9.88 Å². The molecule has 0 aromatic carbocycles. The number of likely N-dealkylation sites (tertiary alicyclic amines) is 1. The molecule has 1 aromatic heterocycles. The van der Waals surface area contributed by atoms with Crippen molar-refractivity contribution in [1.29, 1.82) is 0 Å². The van der Waals surface area contributed by atoms with Crippen LogP contribution in [0.3, 0.4) is 0 Å². The van der Waals surface area contributed by atoms with Gasteiger partial charge in [0.25, 0.3) is 0 Å². The van der Waals surface area contributed by atoms with Gasteiger partial charge in [-0.2, -0.15) is 0 Å². The number of hydrogen-bond donors (Lipinski definition) is 1. The number of aromatic nitrogens is 1. The number of aromatic carboxylic acids is 1. The Morgan fingerprint density at radius 1 is 1.38 bits per heavy atom. The third-order valence-electron chi connectivity index (χ3n) is 5.51. The van der Waals surface area contributed by atoms with Gasteiger partial charge in [-0.25, -0.2) is 9.78 Å². The fraction of sp³-hybridized carbons (Fsp3) is 0.632. The Bertz CT molecular complexity index is 666. The van der Waals surface area contributed by atoms with Crippen molar-refractivity contribution in [2.75, 3.05) is 44.8 Å². The van der Waals surface area contributed by atoms with E-state index in [4.69, 9.17) is 4.74 Å². The lowest BCUT2D eigenvalue weighted by atomic mass is 9.73. The van der Waals surface area contributed by atoms with Gasteiger partial charge in [0.05, 0.1) is 0 Å². The van der Waals surface area contributed by atoms with Gasteiger partial charge in [-0.15, -0.1) is 0 Å². The van der Waals surface area contributed by atoms with Gasteiger partial charge in [0.15, 0.2) is 0 Å². The van der Waals surface area contributed by atoms with E-state index in [9.17, 15) is 14.7 Å². The zero-order chi connectivity index (χ0) is 18.6. The van der Waals surface area contributed by atoms with Gasteiger partial charge in [-0.05, 0) is 37.8 Å². The molecule has 0 saturated carbocycles. The molecule has 1 aromatic rings. The number of carboxylic acids is 1. The first-order valence-corrected chi connectivity index (χ1v) is 9.24. The SMILES string of the molecule is COCCCN1CC2(CCCN(c3ccnc(C(=O)O)c3)C2)CCC1=O. The largest absolute Gasteiger partial charge is 0.477 e. The van der Waals surface area contributed by atoms with Crippen LogP contribution < -0.4 is 4.90 Å². The maximum atomic E-state index is 12.3. The highest BCUT2D eigenvalue weighted by atomic mass is 16.5. The summed E-state index contributed by atoms with van der Waals surface area (Å²) in [6.45, 7) is 3.94. The second-order valence-electron chi connectivity index (χ2n) is 7.39. The number of ether oxygens (including phenoxy) is 1. The predicted octanol–water partition coefficient (Wildman–Crippen LogP) is 2.03. The lowest BCUT2D eigenvalue weighted by molar-refractivity contribution is -0.138. The molecule has 2 aliphatic rings. The third kappa shape index (κ3) is 4.15. The molecule has 2 aliphatic heterocycles. The summed E-state index contributed by atoms with van der Waals surface area (Å²) in [5, 5.41) is 9.18. The number of carboxylic acid groups (broad SMARTS) is 1. The highest BCUT2D eigenvalue weighted by Crippen LogP contribution is 2.40. The Morgan fingerprint density at radius 2 is 2.23 bits per heavy atom. The number of carbonyl (C=O) groups is 2. The van der Waals surface area contributed by atoms with Gasteiger partial charge < -0.3 is 19.6 Å². The summed E-state index contributed by atoms with van der Waals surface area (Å²) in [4.78, 5) is 31.6. The van der Waals surface area contributed by atoms with Crippen molar-refractivity contribution in [2.45, 2.75) is 32.1 Å². The number of piperidine rings is 2. The van der Waals surface area contributed by atoms with Crippen LogP contribution in [0.25, 0.3) is 0 Å². The molecule has 7 heteroatoms. The lowest BCUT2D eigenvalue weighted by Crippen LogP contribution is -2.54. The molecule has 1 amide bonds. The maximum Gasteiger partial charge on any atom is 0.354 e. The van der Waals surface area contributed by atoms with Crippen LogP contribution in [0.15, 0.2) is 18.3 Å². The highest BCUT2D eigenvalue weighted by Gasteiger charge is 2.41. The molecule has 0 radical (unpaired) electrons. The van der Waals surface area contributed by atoms with Gasteiger partial charge in [0.2, 0.25) is 5.91 Å². The number of hydrogen-bond acceptors (Lipinski definition) is 5. The normalized spacial score (nSPS) is 23.5. The van der Waals surface area contributed by atoms with Crippen LogP contribution in [0.1, 0.15) is 42.6 Å². The van der Waals surface area contributed by atoms with Crippen LogP contribution in [-0.4, -0.2) is 66.8 Å². The molecule has 142 valence electrons. The fourth-order valence-corrected chi connectivity index (χ4v) is 4.20. The van der Waals surface area contributed by atoms with Crippen LogP contribution >= 0.6 is 0 Å². The molecular weight excluding hydrogens is 334 g/mol. The number of rotatable bonds is 6. The predicted molar refractivity (Wildman–Crippen MR) is 97.4 cm³/mol. The average Bonchev–Trinajstić information content (AvgIpc) is 2.65. The molecule has 3 rings (SSSR count). The Balaban J connectivity index is 1.71. The summed E-state index contributed by atoms with van der Waals surface area (Å²) in [5.74, 6) is -0.771. The van der Waals surface area contributed by atoms with E-state index in [0.29, 0.717) is 13.0 Å². The molecule has 2 fully saturated rings. The van der Waals surface area contributed by atoms with Crippen LogP contribution in [-0.2, 0) is 9.53 Å². The summed E-state index contributed by atoms with van der Waals surface area (Å²) in [6, 6.07) is 3.52. The molecule has 1 N–H and O–H groups in total. The zero-order valence-electron chi connectivity index (χ0n) is 15.3. The van der Waals surface area contributed by atoms with Crippen molar-refractivity contribution >= 4 is 17.6 Å². The molecule has 1 spiro atoms. The van der Waals surface area contributed by atoms with Gasteiger partial charge in [0, 0.05) is 63.6 Å². The topological polar surface area (TPSA) is 83.0 Å². The Morgan fingerprint density at radius 3 is 3.00 bits per heavy atom. The first-order valence-electron chi connectivity index (χ1n) is 9.24. The number of nitrogens with zero attached hydrogens (tertiary/aromatic N) is 3. The van der Waals surface area contributed by atoms with Crippen molar-refractivity contribution in [2.24, 2.45) is 5.41 Å². The smallest absolute Gasteiger partial charge is 0.354 e. The van der Waals surface area contributed by atoms with Crippen LogP contribution in [0, 0.1) is 5.41 Å². The van der Waals surface area contributed by atoms with Gasteiger partial charge in [-0.3, -0.25) is 4.79 Å². The van der Waals surface area contributed by atoms with E-state index in [1.54, 1.807) is 19.4 Å². The van der Waals surface area contributed by atoms with Crippen LogP contribution in [0.2, 0.25) is 0 Å². The van der Waals surface area contributed by atoms with E-state index in [1.165, 1.54) is 0 Å². The third-order valence-corrected chi connectivity index (χ3v) is 5.51. The number of anilines is 1. The quantitative estimate of drug-likeness (QED) is 0.781. The maximum absolute atomic E-state index is 12.3. The van der Waals surface area contributed by atoms with Crippen molar-refractivity contribution in [3.05, 3.63) is 24.0 Å². The summed E-state index contributed by atoms with van der Waals surface area (Å²) in [7, 11) is 1.68. The van der Waals surface area contributed by atoms with Gasteiger partial charge in [0.1, 0.15) is 5.69 Å². The average molecular weight is 361 g/mol. The highest BCUT2D eigenvalue weighted by molar-refractivity contribution is 5.86. The minimum absolute atomic E-state index is 0.0714. The van der Waals surface area contributed by atoms with E-state index >= 15 is 0 Å². The van der Waals surface area contributed by atoms with Crippen LogP contribution in [0.5, 0.6) is 0 Å². The lowest BCUT2D eigenvalue weighted by Gasteiger charge is -2.49. The summed E-state index contributed by atoms with van der Waals surface area (Å²) >= 11 is 0. The minimum Gasteiger partial charge on any atom is -0.477 e. The molecule has 1 atom stereocenters. The number of amides is 1. The molecule has 2 saturated heterocycles. The molecule has 26 heavy (non-hydrogen) atoms. The molecule has 3 heterocycles. The number of methoxy groups -OCH3 is 1. The molecule has 0 bridgehead atoms. The van der Waals surface area contributed by atoms with Gasteiger partial charge in [-0.1, -0.05) is 0 Å². The Hall–Kier alpha value is -2.15.